The van der Waals surface area contributed by atoms with E-state index in [1.54, 1.807) is 0 Å². The molecule has 0 bridgehead atoms. The molecule has 1 amide bonds. The van der Waals surface area contributed by atoms with Crippen LogP contribution in [0.5, 0.6) is 0 Å². The minimum absolute atomic E-state index is 0.0161. The second-order valence-electron chi connectivity index (χ2n) is 8.49. The van der Waals surface area contributed by atoms with E-state index in [1.165, 1.54) is 18.2 Å². The monoisotopic (exact) mass is 499 g/mol. The highest BCUT2D eigenvalue weighted by Gasteiger charge is 2.43. The molecule has 33 heavy (non-hydrogen) atoms. The number of benzene rings is 2. The summed E-state index contributed by atoms with van der Waals surface area (Å²) in [6.07, 6.45) is 2.87. The Morgan fingerprint density at radius 2 is 1.79 bits per heavy atom. The van der Waals surface area contributed by atoms with Gasteiger partial charge in [-0.15, -0.1) is 0 Å². The number of amides is 1. The van der Waals surface area contributed by atoms with Crippen molar-refractivity contribution in [3.8, 4) is 0 Å². The number of nitrogens with one attached hydrogen (secondary N) is 1. The van der Waals surface area contributed by atoms with Gasteiger partial charge in [-0.05, 0) is 55.7 Å². The van der Waals surface area contributed by atoms with Crippen LogP contribution in [0.1, 0.15) is 49.9 Å². The van der Waals surface area contributed by atoms with Crippen LogP contribution in [0.2, 0.25) is 5.02 Å². The number of halogens is 4. The first kappa shape index (κ1) is 25.3. The van der Waals surface area contributed by atoms with E-state index in [0.29, 0.717) is 18.6 Å². The second kappa shape index (κ2) is 9.89. The molecule has 0 aromatic heterocycles. The van der Waals surface area contributed by atoms with Crippen LogP contribution in [0.4, 0.5) is 18.9 Å². The van der Waals surface area contributed by atoms with Crippen molar-refractivity contribution < 1.29 is 26.4 Å². The summed E-state index contributed by atoms with van der Waals surface area (Å²) in [7, 11) is -3.89. The fourth-order valence-corrected chi connectivity index (χ4v) is 7.25. The fraction of sp³-hybridized carbons (Fsp3) is 0.375. The summed E-state index contributed by atoms with van der Waals surface area (Å²) < 4.78 is 67.3. The molecule has 0 aliphatic heterocycles. The number of anilines is 1. The van der Waals surface area contributed by atoms with Crippen molar-refractivity contribution in [3.63, 3.8) is 0 Å². The van der Waals surface area contributed by atoms with E-state index in [2.05, 4.69) is 11.9 Å². The van der Waals surface area contributed by atoms with Gasteiger partial charge in [0.1, 0.15) is 0 Å². The van der Waals surface area contributed by atoms with E-state index < -0.39 is 38.4 Å². The predicted molar refractivity (Wildman–Crippen MR) is 123 cm³/mol. The van der Waals surface area contributed by atoms with Gasteiger partial charge in [0, 0.05) is 23.4 Å². The molecule has 1 N–H and O–H groups in total. The Morgan fingerprint density at radius 1 is 1.15 bits per heavy atom. The van der Waals surface area contributed by atoms with Crippen molar-refractivity contribution in [2.75, 3.05) is 5.32 Å². The largest absolute Gasteiger partial charge is 0.322 e. The van der Waals surface area contributed by atoms with Crippen LogP contribution in [0, 0.1) is 29.3 Å². The first-order valence-electron chi connectivity index (χ1n) is 10.6. The average molecular weight is 500 g/mol. The average Bonchev–Trinajstić information content (AvgIpc) is 3.12. The highest BCUT2D eigenvalue weighted by atomic mass is 35.5. The molecule has 0 spiro atoms. The Hall–Kier alpha value is -2.32. The lowest BCUT2D eigenvalue weighted by Gasteiger charge is -2.24. The second-order valence-corrected chi connectivity index (χ2v) is 11.0. The zero-order valence-electron chi connectivity index (χ0n) is 18.3. The highest BCUT2D eigenvalue weighted by molar-refractivity contribution is 7.92. The molecule has 2 aromatic carbocycles. The quantitative estimate of drug-likeness (QED) is 0.347. The zero-order valence-corrected chi connectivity index (χ0v) is 19.9. The van der Waals surface area contributed by atoms with Crippen molar-refractivity contribution in [1.29, 1.82) is 0 Å². The smallest absolute Gasteiger partial charge is 0.255 e. The van der Waals surface area contributed by atoms with Gasteiger partial charge in [0.05, 0.1) is 15.2 Å². The number of rotatable bonds is 7. The first-order chi connectivity index (χ1) is 15.4. The molecule has 0 saturated heterocycles. The molecule has 4 nitrogen and oxygen atoms in total. The maximum atomic E-state index is 13.6. The van der Waals surface area contributed by atoms with E-state index in [9.17, 15) is 26.4 Å². The number of allylic oxidation sites excluding steroid dienone is 1. The van der Waals surface area contributed by atoms with Crippen molar-refractivity contribution >= 4 is 33.0 Å². The molecule has 0 heterocycles. The van der Waals surface area contributed by atoms with E-state index in [-0.39, 0.29) is 33.0 Å². The van der Waals surface area contributed by atoms with Gasteiger partial charge in [-0.25, -0.2) is 21.6 Å². The van der Waals surface area contributed by atoms with E-state index in [0.717, 1.165) is 24.8 Å². The summed E-state index contributed by atoms with van der Waals surface area (Å²) in [5.41, 5.74) is 0.605. The Balaban J connectivity index is 1.93. The van der Waals surface area contributed by atoms with E-state index >= 15 is 0 Å². The Kier molecular flexibility index (Phi) is 7.59. The molecule has 3 atom stereocenters. The summed E-state index contributed by atoms with van der Waals surface area (Å²) in [5, 5.41) is 1.57. The molecule has 2 unspecified atom stereocenters. The van der Waals surface area contributed by atoms with Gasteiger partial charge in [0.15, 0.2) is 27.3 Å². The minimum Gasteiger partial charge on any atom is -0.322 e. The summed E-state index contributed by atoms with van der Waals surface area (Å²) in [4.78, 5) is 12.5. The van der Waals surface area contributed by atoms with Gasteiger partial charge in [-0.2, -0.15) is 0 Å². The third kappa shape index (κ3) is 5.27. The van der Waals surface area contributed by atoms with E-state index in [4.69, 9.17) is 11.6 Å². The highest BCUT2D eigenvalue weighted by Crippen LogP contribution is 2.43. The molecule has 1 aliphatic carbocycles. The molecule has 1 aliphatic rings. The minimum atomic E-state index is -3.89. The van der Waals surface area contributed by atoms with Gasteiger partial charge < -0.3 is 5.32 Å². The molecule has 1 fully saturated rings. The third-order valence-electron chi connectivity index (χ3n) is 6.17. The summed E-state index contributed by atoms with van der Waals surface area (Å²) in [6.45, 7) is 7.87. The Labute approximate surface area is 196 Å². The van der Waals surface area contributed by atoms with E-state index in [1.807, 2.05) is 13.8 Å². The lowest BCUT2D eigenvalue weighted by Crippen LogP contribution is -2.31. The van der Waals surface area contributed by atoms with Crippen LogP contribution in [-0.2, 0) is 9.84 Å². The zero-order chi connectivity index (χ0) is 24.5. The van der Waals surface area contributed by atoms with Crippen LogP contribution < -0.4 is 5.32 Å². The van der Waals surface area contributed by atoms with Gasteiger partial charge in [-0.3, -0.25) is 4.79 Å². The normalized spacial score (nSPS) is 20.6. The standard InChI is InChI=1S/C24H25ClF3NO3S/c1-4-13(2)9-15-6-5-14(3)23(15)33(31,32)21-10-16(7-8-18(21)25)24(30)29-17-11-19(26)22(28)20(27)12-17/h7-8,10-12,14-15,23H,2,4-6,9H2,1,3H3,(H,29,30)/t14?,15?,23-/m0/s1. The number of carbonyl (C=O) groups excluding carboxylic acids is 1. The fourth-order valence-electron chi connectivity index (χ4n) is 4.40. The number of sulfone groups is 1. The number of hydrogen-bond acceptors (Lipinski definition) is 3. The molecule has 9 heteroatoms. The maximum Gasteiger partial charge on any atom is 0.255 e. The third-order valence-corrected chi connectivity index (χ3v) is 9.13. The molecular weight excluding hydrogens is 475 g/mol. The van der Waals surface area contributed by atoms with Gasteiger partial charge in [0.25, 0.3) is 5.91 Å². The van der Waals surface area contributed by atoms with Crippen molar-refractivity contribution in [2.45, 2.75) is 49.7 Å². The first-order valence-corrected chi connectivity index (χ1v) is 12.5. The van der Waals surface area contributed by atoms with Crippen LogP contribution in [-0.4, -0.2) is 19.6 Å². The van der Waals surface area contributed by atoms with Gasteiger partial charge in [-0.1, -0.05) is 37.6 Å². The van der Waals surface area contributed by atoms with Crippen LogP contribution in [0.25, 0.3) is 0 Å². The Bertz CT molecular complexity index is 1180. The van der Waals surface area contributed by atoms with Crippen LogP contribution in [0.3, 0.4) is 0 Å². The summed E-state index contributed by atoms with van der Waals surface area (Å²) in [6, 6.07) is 5.04. The van der Waals surface area contributed by atoms with Crippen LogP contribution >= 0.6 is 11.6 Å². The molecule has 178 valence electrons. The van der Waals surface area contributed by atoms with Gasteiger partial charge in [0.2, 0.25) is 0 Å². The lowest BCUT2D eigenvalue weighted by atomic mass is 9.96. The number of carbonyl (C=O) groups is 1. The molecule has 0 radical (unpaired) electrons. The molecule has 3 rings (SSSR count). The predicted octanol–water partition coefficient (Wildman–Crippen LogP) is 6.55. The molecule has 1 saturated carbocycles. The number of hydrogen-bond donors (Lipinski definition) is 1. The summed E-state index contributed by atoms with van der Waals surface area (Å²) >= 11 is 6.24. The van der Waals surface area contributed by atoms with Crippen molar-refractivity contribution in [1.82, 2.24) is 0 Å². The van der Waals surface area contributed by atoms with Crippen LogP contribution in [0.15, 0.2) is 47.4 Å². The van der Waals surface area contributed by atoms with Crippen molar-refractivity contribution in [2.24, 2.45) is 11.8 Å². The topological polar surface area (TPSA) is 63.2 Å². The SMILES string of the molecule is C=C(CC)CC1CCC(C)[C@@H]1S(=O)(=O)c1cc(C(=O)Nc2cc(F)c(F)c(F)c2)ccc1Cl. The molecular formula is C24H25ClF3NO3S. The lowest BCUT2D eigenvalue weighted by molar-refractivity contribution is 0.102. The maximum absolute atomic E-state index is 13.6. The summed E-state index contributed by atoms with van der Waals surface area (Å²) in [5.74, 6) is -5.58. The Morgan fingerprint density at radius 3 is 2.39 bits per heavy atom. The van der Waals surface area contributed by atoms with Crippen molar-refractivity contribution in [3.05, 3.63) is 70.5 Å². The molecule has 2 aromatic rings. The van der Waals surface area contributed by atoms with Gasteiger partial charge >= 0.3 is 0 Å².